The number of carboxylic acids is 1. The van der Waals surface area contributed by atoms with Gasteiger partial charge in [0.15, 0.2) is 0 Å². The maximum Gasteiger partial charge on any atom is 0.303 e. The fourth-order valence-electron chi connectivity index (χ4n) is 1.70. The van der Waals surface area contributed by atoms with E-state index in [-0.39, 0.29) is 24.2 Å². The smallest absolute Gasteiger partial charge is 0.303 e. The SMILES string of the molecule is CC(CCCC(=O)O)NC(=O)/C=C/c1cccc(F)c1. The summed E-state index contributed by atoms with van der Waals surface area (Å²) in [6.07, 6.45) is 4.08. The Bertz CT molecular complexity index is 500. The lowest BCUT2D eigenvalue weighted by molar-refractivity contribution is -0.137. The first-order valence-electron chi connectivity index (χ1n) is 6.43. The minimum atomic E-state index is -0.838. The number of hydrogen-bond donors (Lipinski definition) is 2. The van der Waals surface area contributed by atoms with E-state index in [0.717, 1.165) is 0 Å². The normalized spacial score (nSPS) is 12.3. The fraction of sp³-hybridized carbons (Fsp3) is 0.333. The van der Waals surface area contributed by atoms with Crippen LogP contribution >= 0.6 is 0 Å². The molecular formula is C15H18FNO3. The van der Waals surface area contributed by atoms with Gasteiger partial charge in [-0.2, -0.15) is 0 Å². The van der Waals surface area contributed by atoms with E-state index in [1.807, 2.05) is 6.92 Å². The van der Waals surface area contributed by atoms with Gasteiger partial charge in [-0.25, -0.2) is 4.39 Å². The van der Waals surface area contributed by atoms with Gasteiger partial charge in [-0.1, -0.05) is 12.1 Å². The molecule has 1 rings (SSSR count). The van der Waals surface area contributed by atoms with Crippen LogP contribution in [0.15, 0.2) is 30.3 Å². The van der Waals surface area contributed by atoms with E-state index in [9.17, 15) is 14.0 Å². The molecule has 0 aliphatic rings. The number of halogens is 1. The van der Waals surface area contributed by atoms with Crippen molar-refractivity contribution in [2.45, 2.75) is 32.2 Å². The molecule has 0 saturated carbocycles. The molecule has 0 spiro atoms. The standard InChI is InChI=1S/C15H18FNO3/c1-11(4-2-7-15(19)20)17-14(18)9-8-12-5-3-6-13(16)10-12/h3,5-6,8-11H,2,4,7H2,1H3,(H,17,18)(H,19,20)/b9-8+. The van der Waals surface area contributed by atoms with Gasteiger partial charge in [-0.3, -0.25) is 9.59 Å². The minimum absolute atomic E-state index is 0.0966. The van der Waals surface area contributed by atoms with Crippen LogP contribution in [0.2, 0.25) is 0 Å². The zero-order valence-corrected chi connectivity index (χ0v) is 11.3. The van der Waals surface area contributed by atoms with Gasteiger partial charge in [-0.15, -0.1) is 0 Å². The topological polar surface area (TPSA) is 66.4 Å². The summed E-state index contributed by atoms with van der Waals surface area (Å²) in [5, 5.41) is 11.2. The number of carbonyl (C=O) groups is 2. The second-order valence-electron chi connectivity index (χ2n) is 4.58. The van der Waals surface area contributed by atoms with E-state index in [4.69, 9.17) is 5.11 Å². The largest absolute Gasteiger partial charge is 0.481 e. The third kappa shape index (κ3) is 6.68. The van der Waals surface area contributed by atoms with Crippen molar-refractivity contribution < 1.29 is 19.1 Å². The monoisotopic (exact) mass is 279 g/mol. The summed E-state index contributed by atoms with van der Waals surface area (Å²) in [7, 11) is 0. The predicted octanol–water partition coefficient (Wildman–Crippen LogP) is 2.60. The molecule has 0 aromatic heterocycles. The lowest BCUT2D eigenvalue weighted by Crippen LogP contribution is -2.31. The van der Waals surface area contributed by atoms with Crippen molar-refractivity contribution in [3.63, 3.8) is 0 Å². The van der Waals surface area contributed by atoms with Gasteiger partial charge in [0.2, 0.25) is 5.91 Å². The van der Waals surface area contributed by atoms with Crippen molar-refractivity contribution in [3.05, 3.63) is 41.7 Å². The van der Waals surface area contributed by atoms with Crippen LogP contribution in [0.4, 0.5) is 4.39 Å². The van der Waals surface area contributed by atoms with Crippen LogP contribution in [0, 0.1) is 5.82 Å². The summed E-state index contributed by atoms with van der Waals surface area (Å²) in [4.78, 5) is 22.0. The van der Waals surface area contributed by atoms with Gasteiger partial charge in [0.1, 0.15) is 5.82 Å². The number of aliphatic carboxylic acids is 1. The zero-order valence-electron chi connectivity index (χ0n) is 11.3. The second kappa shape index (κ2) is 8.09. The van der Waals surface area contributed by atoms with Crippen molar-refractivity contribution in [2.75, 3.05) is 0 Å². The maximum atomic E-state index is 12.9. The number of rotatable bonds is 7. The Morgan fingerprint density at radius 3 is 2.85 bits per heavy atom. The summed E-state index contributed by atoms with van der Waals surface area (Å²) >= 11 is 0. The molecule has 1 atom stereocenters. The van der Waals surface area contributed by atoms with Crippen LogP contribution < -0.4 is 5.32 Å². The molecule has 0 heterocycles. The molecule has 0 saturated heterocycles. The summed E-state index contributed by atoms with van der Waals surface area (Å²) < 4.78 is 12.9. The number of nitrogens with one attached hydrogen (secondary N) is 1. The molecule has 1 unspecified atom stereocenters. The van der Waals surface area contributed by atoms with E-state index in [2.05, 4.69) is 5.32 Å². The van der Waals surface area contributed by atoms with Crippen LogP contribution in [0.5, 0.6) is 0 Å². The quantitative estimate of drug-likeness (QED) is 0.754. The Balaban J connectivity index is 2.37. The second-order valence-corrected chi connectivity index (χ2v) is 4.58. The third-order valence-electron chi connectivity index (χ3n) is 2.69. The van der Waals surface area contributed by atoms with Crippen molar-refractivity contribution in [1.82, 2.24) is 5.32 Å². The minimum Gasteiger partial charge on any atom is -0.481 e. The maximum absolute atomic E-state index is 12.9. The van der Waals surface area contributed by atoms with Gasteiger partial charge >= 0.3 is 5.97 Å². The van der Waals surface area contributed by atoms with Crippen molar-refractivity contribution in [2.24, 2.45) is 0 Å². The molecule has 2 N–H and O–H groups in total. The Hall–Kier alpha value is -2.17. The van der Waals surface area contributed by atoms with Crippen LogP contribution in [-0.4, -0.2) is 23.0 Å². The molecule has 1 amide bonds. The van der Waals surface area contributed by atoms with Gasteiger partial charge < -0.3 is 10.4 Å². The van der Waals surface area contributed by atoms with Crippen molar-refractivity contribution >= 4 is 18.0 Å². The first kappa shape index (κ1) is 15.9. The van der Waals surface area contributed by atoms with E-state index in [1.165, 1.54) is 24.3 Å². The third-order valence-corrected chi connectivity index (χ3v) is 2.69. The molecule has 1 aromatic rings. The Labute approximate surface area is 117 Å². The molecule has 0 radical (unpaired) electrons. The van der Waals surface area contributed by atoms with Crippen LogP contribution in [0.3, 0.4) is 0 Å². The molecule has 108 valence electrons. The zero-order chi connectivity index (χ0) is 15.0. The van der Waals surface area contributed by atoms with Gasteiger partial charge in [-0.05, 0) is 43.5 Å². The Morgan fingerprint density at radius 2 is 2.20 bits per heavy atom. The Kier molecular flexibility index (Phi) is 6.43. The highest BCUT2D eigenvalue weighted by molar-refractivity contribution is 5.91. The molecule has 0 fully saturated rings. The molecule has 0 bridgehead atoms. The number of benzene rings is 1. The van der Waals surface area contributed by atoms with E-state index >= 15 is 0 Å². The molecule has 20 heavy (non-hydrogen) atoms. The van der Waals surface area contributed by atoms with Gasteiger partial charge in [0.25, 0.3) is 0 Å². The molecule has 5 heteroatoms. The van der Waals surface area contributed by atoms with E-state index < -0.39 is 5.97 Å². The van der Waals surface area contributed by atoms with Crippen molar-refractivity contribution in [3.8, 4) is 0 Å². The van der Waals surface area contributed by atoms with E-state index in [1.54, 1.807) is 12.1 Å². The molecule has 4 nitrogen and oxygen atoms in total. The number of amides is 1. The summed E-state index contributed by atoms with van der Waals surface area (Å²) in [6, 6.07) is 5.84. The first-order chi connectivity index (χ1) is 9.47. The average molecular weight is 279 g/mol. The number of carbonyl (C=O) groups excluding carboxylic acids is 1. The predicted molar refractivity (Wildman–Crippen MR) is 74.5 cm³/mol. The Morgan fingerprint density at radius 1 is 1.45 bits per heavy atom. The van der Waals surface area contributed by atoms with Gasteiger partial charge in [0, 0.05) is 18.5 Å². The highest BCUT2D eigenvalue weighted by atomic mass is 19.1. The molecule has 0 aliphatic heterocycles. The summed E-state index contributed by atoms with van der Waals surface area (Å²) in [6.45, 7) is 1.82. The van der Waals surface area contributed by atoms with Crippen LogP contribution in [0.25, 0.3) is 6.08 Å². The highest BCUT2D eigenvalue weighted by Gasteiger charge is 2.06. The lowest BCUT2D eigenvalue weighted by Gasteiger charge is -2.11. The molecule has 1 aromatic carbocycles. The summed E-state index contributed by atoms with van der Waals surface area (Å²) in [5.74, 6) is -1.47. The van der Waals surface area contributed by atoms with Crippen molar-refractivity contribution in [1.29, 1.82) is 0 Å². The van der Waals surface area contributed by atoms with Gasteiger partial charge in [0.05, 0.1) is 0 Å². The average Bonchev–Trinajstić information content (AvgIpc) is 2.36. The van der Waals surface area contributed by atoms with Crippen LogP contribution in [-0.2, 0) is 9.59 Å². The molecule has 0 aliphatic carbocycles. The highest BCUT2D eigenvalue weighted by Crippen LogP contribution is 2.05. The number of hydrogen-bond acceptors (Lipinski definition) is 2. The first-order valence-corrected chi connectivity index (χ1v) is 6.43. The van der Waals surface area contributed by atoms with E-state index in [0.29, 0.717) is 18.4 Å². The van der Waals surface area contributed by atoms with Crippen LogP contribution in [0.1, 0.15) is 31.7 Å². The fourth-order valence-corrected chi connectivity index (χ4v) is 1.70. The summed E-state index contributed by atoms with van der Waals surface area (Å²) in [5.41, 5.74) is 0.610. The number of carboxylic acid groups (broad SMARTS) is 1. The lowest BCUT2D eigenvalue weighted by atomic mass is 10.1. The molecular weight excluding hydrogens is 261 g/mol.